The van der Waals surface area contributed by atoms with Crippen molar-refractivity contribution in [2.24, 2.45) is 0 Å². The highest BCUT2D eigenvalue weighted by Crippen LogP contribution is 2.24. The first-order valence-corrected chi connectivity index (χ1v) is 9.28. The Morgan fingerprint density at radius 2 is 2.23 bits per heavy atom. The van der Waals surface area contributed by atoms with Crippen LogP contribution in [0.1, 0.15) is 18.2 Å². The van der Waals surface area contributed by atoms with Crippen LogP contribution in [0.4, 0.5) is 0 Å². The first kappa shape index (κ1) is 16.6. The van der Waals surface area contributed by atoms with Gasteiger partial charge in [0.05, 0.1) is 18.6 Å². The van der Waals surface area contributed by atoms with Gasteiger partial charge in [-0.05, 0) is 36.2 Å². The van der Waals surface area contributed by atoms with E-state index in [0.717, 1.165) is 22.8 Å². The first-order chi connectivity index (χ1) is 12.7. The van der Waals surface area contributed by atoms with E-state index >= 15 is 0 Å². The Kier molecular flexibility index (Phi) is 4.57. The van der Waals surface area contributed by atoms with E-state index in [1.807, 2.05) is 12.1 Å². The molecule has 0 radical (unpaired) electrons. The highest BCUT2D eigenvalue weighted by atomic mass is 32.2. The van der Waals surface area contributed by atoms with Crippen molar-refractivity contribution in [3.63, 3.8) is 0 Å². The molecule has 0 saturated carbocycles. The van der Waals surface area contributed by atoms with Crippen molar-refractivity contribution in [2.45, 2.75) is 25.0 Å². The maximum atomic E-state index is 11.9. The molecule has 26 heavy (non-hydrogen) atoms. The minimum Gasteiger partial charge on any atom is -0.467 e. The number of aromatic amines is 1. The van der Waals surface area contributed by atoms with Crippen molar-refractivity contribution in [1.82, 2.24) is 25.5 Å². The quantitative estimate of drug-likeness (QED) is 0.508. The van der Waals surface area contributed by atoms with Crippen molar-refractivity contribution in [1.29, 1.82) is 0 Å². The normalized spacial score (nSPS) is 11.3. The molecular formula is C18H17N5O2S. The summed E-state index contributed by atoms with van der Waals surface area (Å²) in [6, 6.07) is 9.83. The molecule has 0 atom stereocenters. The number of rotatable bonds is 6. The summed E-state index contributed by atoms with van der Waals surface area (Å²) < 4.78 is 5.18. The van der Waals surface area contributed by atoms with Crippen LogP contribution in [0.2, 0.25) is 0 Å². The molecule has 8 heteroatoms. The van der Waals surface area contributed by atoms with E-state index < -0.39 is 0 Å². The van der Waals surface area contributed by atoms with Crippen LogP contribution in [0, 0.1) is 0 Å². The fourth-order valence-corrected chi connectivity index (χ4v) is 3.28. The van der Waals surface area contributed by atoms with Gasteiger partial charge in [-0.1, -0.05) is 24.8 Å². The molecule has 132 valence electrons. The number of nitrogens with one attached hydrogen (secondary N) is 2. The minimum atomic E-state index is -0.112. The maximum absolute atomic E-state index is 11.9. The molecule has 0 spiro atoms. The number of aromatic nitrogens is 4. The zero-order chi connectivity index (χ0) is 17.9. The van der Waals surface area contributed by atoms with E-state index in [1.54, 1.807) is 12.3 Å². The largest absolute Gasteiger partial charge is 0.467 e. The second-order valence-electron chi connectivity index (χ2n) is 5.79. The second-order valence-corrected chi connectivity index (χ2v) is 6.74. The molecule has 0 aliphatic heterocycles. The summed E-state index contributed by atoms with van der Waals surface area (Å²) in [6.45, 7) is 2.48. The number of aryl methyl sites for hydroxylation is 1. The standard InChI is InChI=1S/C18H17N5O2S/c1-2-11-5-6-14-13(8-11)16-17(20-14)21-18(23-22-16)26-10-15(24)19-9-12-4-3-7-25-12/h3-8H,2,9-10H2,1H3,(H,19,24)(H,20,21,23). The maximum Gasteiger partial charge on any atom is 0.230 e. The van der Waals surface area contributed by atoms with Gasteiger partial charge in [0.2, 0.25) is 11.1 Å². The molecule has 4 aromatic rings. The highest BCUT2D eigenvalue weighted by Gasteiger charge is 2.11. The number of H-pyrrole nitrogens is 1. The summed E-state index contributed by atoms with van der Waals surface area (Å²) in [5.74, 6) is 0.820. The van der Waals surface area contributed by atoms with Crippen LogP contribution in [0.25, 0.3) is 22.1 Å². The smallest absolute Gasteiger partial charge is 0.230 e. The number of furan rings is 1. The summed E-state index contributed by atoms with van der Waals surface area (Å²) in [5, 5.41) is 12.7. The zero-order valence-electron chi connectivity index (χ0n) is 14.2. The molecule has 0 aliphatic rings. The number of carbonyl (C=O) groups excluding carboxylic acids is 1. The monoisotopic (exact) mass is 367 g/mol. The van der Waals surface area contributed by atoms with Gasteiger partial charge >= 0.3 is 0 Å². The molecule has 0 unspecified atom stereocenters. The van der Waals surface area contributed by atoms with E-state index in [4.69, 9.17) is 4.42 Å². The molecule has 1 amide bonds. The molecule has 0 fully saturated rings. The van der Waals surface area contributed by atoms with Gasteiger partial charge in [0.15, 0.2) is 5.65 Å². The van der Waals surface area contributed by atoms with Gasteiger partial charge in [-0.15, -0.1) is 10.2 Å². The van der Waals surface area contributed by atoms with E-state index in [2.05, 4.69) is 44.5 Å². The predicted octanol–water partition coefficient (Wildman–Crippen LogP) is 3.07. The van der Waals surface area contributed by atoms with Gasteiger partial charge in [0.25, 0.3) is 0 Å². The first-order valence-electron chi connectivity index (χ1n) is 8.30. The summed E-state index contributed by atoms with van der Waals surface area (Å²) >= 11 is 1.25. The molecular weight excluding hydrogens is 350 g/mol. The van der Waals surface area contributed by atoms with Gasteiger partial charge in [-0.2, -0.15) is 0 Å². The fraction of sp³-hybridized carbons (Fsp3) is 0.222. The van der Waals surface area contributed by atoms with Gasteiger partial charge in [0, 0.05) is 10.9 Å². The lowest BCUT2D eigenvalue weighted by molar-refractivity contribution is -0.118. The highest BCUT2D eigenvalue weighted by molar-refractivity contribution is 7.99. The predicted molar refractivity (Wildman–Crippen MR) is 99.8 cm³/mol. The van der Waals surface area contributed by atoms with E-state index in [-0.39, 0.29) is 11.7 Å². The number of nitrogens with zero attached hydrogens (tertiary/aromatic N) is 3. The van der Waals surface area contributed by atoms with Crippen molar-refractivity contribution >= 4 is 39.7 Å². The van der Waals surface area contributed by atoms with E-state index in [0.29, 0.717) is 23.1 Å². The fourth-order valence-electron chi connectivity index (χ4n) is 2.66. The molecule has 7 nitrogen and oxygen atoms in total. The zero-order valence-corrected chi connectivity index (χ0v) is 15.0. The lowest BCUT2D eigenvalue weighted by Crippen LogP contribution is -2.24. The molecule has 4 rings (SSSR count). The number of hydrogen-bond acceptors (Lipinski definition) is 6. The van der Waals surface area contributed by atoms with Crippen LogP contribution in [0.5, 0.6) is 0 Å². The van der Waals surface area contributed by atoms with Crippen molar-refractivity contribution in [3.05, 3.63) is 47.9 Å². The Morgan fingerprint density at radius 3 is 3.04 bits per heavy atom. The number of thioether (sulfide) groups is 1. The van der Waals surface area contributed by atoms with Gasteiger partial charge in [-0.25, -0.2) is 4.98 Å². The second kappa shape index (κ2) is 7.17. The average Bonchev–Trinajstić information content (AvgIpc) is 3.31. The lowest BCUT2D eigenvalue weighted by Gasteiger charge is -2.02. The molecule has 3 aromatic heterocycles. The van der Waals surface area contributed by atoms with Crippen molar-refractivity contribution in [2.75, 3.05) is 5.75 Å². The summed E-state index contributed by atoms with van der Waals surface area (Å²) in [7, 11) is 0. The number of carbonyl (C=O) groups is 1. The van der Waals surface area contributed by atoms with Crippen LogP contribution in [-0.4, -0.2) is 31.8 Å². The Hall–Kier alpha value is -2.87. The molecule has 1 aromatic carbocycles. The Balaban J connectivity index is 1.45. The average molecular weight is 367 g/mol. The Bertz CT molecular complexity index is 1060. The van der Waals surface area contributed by atoms with Crippen LogP contribution < -0.4 is 5.32 Å². The van der Waals surface area contributed by atoms with Crippen molar-refractivity contribution < 1.29 is 9.21 Å². The van der Waals surface area contributed by atoms with Gasteiger partial charge < -0.3 is 14.7 Å². The van der Waals surface area contributed by atoms with Gasteiger partial charge in [0.1, 0.15) is 11.3 Å². The van der Waals surface area contributed by atoms with E-state index in [1.165, 1.54) is 17.3 Å². The Labute approximate surface area is 153 Å². The molecule has 0 saturated heterocycles. The third kappa shape index (κ3) is 3.41. The lowest BCUT2D eigenvalue weighted by atomic mass is 10.1. The van der Waals surface area contributed by atoms with Crippen LogP contribution in [-0.2, 0) is 17.8 Å². The topological polar surface area (TPSA) is 96.7 Å². The van der Waals surface area contributed by atoms with Crippen LogP contribution in [0.3, 0.4) is 0 Å². The number of hydrogen-bond donors (Lipinski definition) is 2. The van der Waals surface area contributed by atoms with Crippen molar-refractivity contribution in [3.8, 4) is 0 Å². The molecule has 3 heterocycles. The molecule has 0 aliphatic carbocycles. The number of amides is 1. The van der Waals surface area contributed by atoms with Gasteiger partial charge in [-0.3, -0.25) is 4.79 Å². The van der Waals surface area contributed by atoms with E-state index in [9.17, 15) is 4.79 Å². The van der Waals surface area contributed by atoms with Crippen LogP contribution in [0.15, 0.2) is 46.2 Å². The third-order valence-corrected chi connectivity index (χ3v) is 4.88. The summed E-state index contributed by atoms with van der Waals surface area (Å²) in [6.07, 6.45) is 2.54. The SMILES string of the molecule is CCc1ccc2[nH]c3nc(SCC(=O)NCc4ccco4)nnc3c2c1. The molecule has 0 bridgehead atoms. The van der Waals surface area contributed by atoms with Crippen LogP contribution >= 0.6 is 11.8 Å². The third-order valence-electron chi connectivity index (χ3n) is 4.04. The number of fused-ring (bicyclic) bond motifs is 3. The summed E-state index contributed by atoms with van der Waals surface area (Å²) in [5.41, 5.74) is 3.66. The minimum absolute atomic E-state index is 0.112. The molecule has 2 N–H and O–H groups in total. The number of benzene rings is 1. The Morgan fingerprint density at radius 1 is 1.31 bits per heavy atom. The summed E-state index contributed by atoms with van der Waals surface area (Å²) in [4.78, 5) is 19.7.